The predicted octanol–water partition coefficient (Wildman–Crippen LogP) is 2.67. The average molecular weight is 434 g/mol. The number of morpholine rings is 1. The number of rotatable bonds is 8. The first kappa shape index (κ1) is 21.5. The number of hydrogen-bond donors (Lipinski definition) is 2. The van der Waals surface area contributed by atoms with Crippen molar-refractivity contribution in [1.29, 1.82) is 0 Å². The molecule has 1 aliphatic rings. The maximum atomic E-state index is 6.01. The van der Waals surface area contributed by atoms with Gasteiger partial charge in [-0.25, -0.2) is 0 Å². The summed E-state index contributed by atoms with van der Waals surface area (Å²) in [6.45, 7) is 5.28. The summed E-state index contributed by atoms with van der Waals surface area (Å²) in [6, 6.07) is 13.8. The molecule has 3 N–H and O–H groups in total. The SMILES string of the molecule is Cc1ccc(N)c(N/N=C/c2cc(N3CCOCC3)nc(OCCc3ccccn3)n2)c1. The van der Waals surface area contributed by atoms with E-state index in [2.05, 4.69) is 30.4 Å². The Bertz CT molecular complexity index is 1050. The smallest absolute Gasteiger partial charge is 0.318 e. The van der Waals surface area contributed by atoms with Crippen LogP contribution < -0.4 is 20.8 Å². The maximum absolute atomic E-state index is 6.01. The van der Waals surface area contributed by atoms with E-state index in [1.165, 1.54) is 0 Å². The highest BCUT2D eigenvalue weighted by Crippen LogP contribution is 2.20. The van der Waals surface area contributed by atoms with E-state index in [1.807, 2.05) is 49.4 Å². The average Bonchev–Trinajstić information content (AvgIpc) is 2.82. The Morgan fingerprint density at radius 2 is 2.06 bits per heavy atom. The third kappa shape index (κ3) is 5.92. The van der Waals surface area contributed by atoms with E-state index < -0.39 is 0 Å². The number of benzene rings is 1. The van der Waals surface area contributed by atoms with Crippen LogP contribution in [-0.2, 0) is 11.2 Å². The van der Waals surface area contributed by atoms with Crippen LogP contribution in [0.4, 0.5) is 17.2 Å². The number of ether oxygens (including phenoxy) is 2. The van der Waals surface area contributed by atoms with Crippen LogP contribution >= 0.6 is 0 Å². The van der Waals surface area contributed by atoms with Crippen molar-refractivity contribution in [2.75, 3.05) is 49.0 Å². The molecule has 1 fully saturated rings. The highest BCUT2D eigenvalue weighted by molar-refractivity contribution is 5.80. The summed E-state index contributed by atoms with van der Waals surface area (Å²) in [4.78, 5) is 15.6. The minimum Gasteiger partial charge on any atom is -0.463 e. The predicted molar refractivity (Wildman–Crippen MR) is 125 cm³/mol. The van der Waals surface area contributed by atoms with Crippen molar-refractivity contribution < 1.29 is 9.47 Å². The highest BCUT2D eigenvalue weighted by atomic mass is 16.5. The summed E-state index contributed by atoms with van der Waals surface area (Å²) in [5.41, 5.74) is 13.1. The second-order valence-corrected chi connectivity index (χ2v) is 7.41. The van der Waals surface area contributed by atoms with E-state index in [-0.39, 0.29) is 0 Å². The third-order valence-corrected chi connectivity index (χ3v) is 4.95. The first-order chi connectivity index (χ1) is 15.7. The number of pyridine rings is 1. The Kier molecular flexibility index (Phi) is 7.08. The zero-order chi connectivity index (χ0) is 22.2. The van der Waals surface area contributed by atoms with Crippen LogP contribution in [0.1, 0.15) is 17.0 Å². The van der Waals surface area contributed by atoms with E-state index in [1.54, 1.807) is 12.4 Å². The Morgan fingerprint density at radius 3 is 2.88 bits per heavy atom. The van der Waals surface area contributed by atoms with E-state index >= 15 is 0 Å². The largest absolute Gasteiger partial charge is 0.463 e. The van der Waals surface area contributed by atoms with Crippen LogP contribution in [0.15, 0.2) is 53.8 Å². The van der Waals surface area contributed by atoms with Crippen molar-refractivity contribution in [3.63, 3.8) is 0 Å². The summed E-state index contributed by atoms with van der Waals surface area (Å²) < 4.78 is 11.3. The van der Waals surface area contributed by atoms with Crippen molar-refractivity contribution >= 4 is 23.4 Å². The summed E-state index contributed by atoms with van der Waals surface area (Å²) in [7, 11) is 0. The number of aromatic nitrogens is 3. The van der Waals surface area contributed by atoms with Crippen molar-refractivity contribution in [3.8, 4) is 6.01 Å². The number of anilines is 3. The van der Waals surface area contributed by atoms with Gasteiger partial charge in [-0.2, -0.15) is 15.1 Å². The van der Waals surface area contributed by atoms with Gasteiger partial charge in [-0.1, -0.05) is 12.1 Å². The monoisotopic (exact) mass is 433 g/mol. The molecule has 9 nitrogen and oxygen atoms in total. The maximum Gasteiger partial charge on any atom is 0.318 e. The molecule has 0 aliphatic carbocycles. The lowest BCUT2D eigenvalue weighted by Crippen LogP contribution is -2.37. The lowest BCUT2D eigenvalue weighted by Gasteiger charge is -2.28. The molecule has 0 amide bonds. The summed E-state index contributed by atoms with van der Waals surface area (Å²) in [5.74, 6) is 0.785. The van der Waals surface area contributed by atoms with E-state index in [9.17, 15) is 0 Å². The van der Waals surface area contributed by atoms with Crippen LogP contribution in [0.3, 0.4) is 0 Å². The number of nitrogens with one attached hydrogen (secondary N) is 1. The zero-order valence-corrected chi connectivity index (χ0v) is 18.1. The Hall–Kier alpha value is -3.72. The normalized spacial score (nSPS) is 14.0. The molecule has 9 heteroatoms. The highest BCUT2D eigenvalue weighted by Gasteiger charge is 2.15. The van der Waals surface area contributed by atoms with Gasteiger partial charge < -0.3 is 20.1 Å². The second-order valence-electron chi connectivity index (χ2n) is 7.41. The lowest BCUT2D eigenvalue weighted by molar-refractivity contribution is 0.122. The fourth-order valence-electron chi connectivity index (χ4n) is 3.24. The van der Waals surface area contributed by atoms with Gasteiger partial charge in [0.2, 0.25) is 0 Å². The zero-order valence-electron chi connectivity index (χ0n) is 18.1. The molecule has 0 spiro atoms. The number of nitrogens with zero attached hydrogens (tertiary/aromatic N) is 5. The van der Waals surface area contributed by atoms with Gasteiger partial charge >= 0.3 is 6.01 Å². The first-order valence-corrected chi connectivity index (χ1v) is 10.6. The molecule has 2 aromatic heterocycles. The molecular weight excluding hydrogens is 406 g/mol. The van der Waals surface area contributed by atoms with E-state index in [0.717, 1.165) is 35.9 Å². The Balaban J connectivity index is 1.49. The van der Waals surface area contributed by atoms with Crippen molar-refractivity contribution in [2.45, 2.75) is 13.3 Å². The van der Waals surface area contributed by atoms with E-state index in [0.29, 0.717) is 43.6 Å². The molecular formula is C23H27N7O2. The van der Waals surface area contributed by atoms with Gasteiger partial charge in [-0.05, 0) is 36.8 Å². The number of hydrazone groups is 1. The summed E-state index contributed by atoms with van der Waals surface area (Å²) in [6.07, 6.45) is 4.08. The fourth-order valence-corrected chi connectivity index (χ4v) is 3.24. The molecule has 0 unspecified atom stereocenters. The molecule has 0 saturated carbocycles. The molecule has 1 aromatic carbocycles. The van der Waals surface area contributed by atoms with Crippen molar-refractivity contribution in [3.05, 3.63) is 65.6 Å². The van der Waals surface area contributed by atoms with Gasteiger partial charge in [0.25, 0.3) is 0 Å². The molecule has 4 rings (SSSR count). The Labute approximate surface area is 187 Å². The van der Waals surface area contributed by atoms with Crippen LogP contribution in [0, 0.1) is 6.92 Å². The lowest BCUT2D eigenvalue weighted by atomic mass is 10.2. The molecule has 3 heterocycles. The fraction of sp³-hybridized carbons (Fsp3) is 0.304. The molecule has 0 radical (unpaired) electrons. The number of aryl methyl sites for hydroxylation is 1. The quantitative estimate of drug-likeness (QED) is 0.317. The van der Waals surface area contributed by atoms with Crippen LogP contribution in [-0.4, -0.2) is 54.1 Å². The topological polar surface area (TPSA) is 111 Å². The Morgan fingerprint density at radius 1 is 1.19 bits per heavy atom. The van der Waals surface area contributed by atoms with Crippen LogP contribution in [0.2, 0.25) is 0 Å². The van der Waals surface area contributed by atoms with Gasteiger partial charge in [-0.15, -0.1) is 0 Å². The number of hydrogen-bond acceptors (Lipinski definition) is 9. The molecule has 3 aromatic rings. The second kappa shape index (κ2) is 10.5. The summed E-state index contributed by atoms with van der Waals surface area (Å²) >= 11 is 0. The minimum atomic E-state index is 0.307. The van der Waals surface area contributed by atoms with Gasteiger partial charge in [0.1, 0.15) is 5.82 Å². The molecule has 1 aliphatic heterocycles. The first-order valence-electron chi connectivity index (χ1n) is 10.6. The van der Waals surface area contributed by atoms with Gasteiger partial charge in [-0.3, -0.25) is 10.4 Å². The van der Waals surface area contributed by atoms with Gasteiger partial charge in [0, 0.05) is 37.5 Å². The van der Waals surface area contributed by atoms with Crippen LogP contribution in [0.25, 0.3) is 0 Å². The van der Waals surface area contributed by atoms with Crippen molar-refractivity contribution in [2.24, 2.45) is 5.10 Å². The third-order valence-electron chi connectivity index (χ3n) is 4.95. The number of nitrogens with two attached hydrogens (primary N) is 1. The van der Waals surface area contributed by atoms with Gasteiger partial charge in [0.05, 0.1) is 43.1 Å². The standard InChI is InChI=1S/C23H27N7O2/c1-17-5-6-20(24)21(14-17)29-26-16-19-15-22(30-9-12-31-13-10-30)28-23(27-19)32-11-7-18-4-2-3-8-25-18/h2-6,8,14-16,29H,7,9-13,24H2,1H3/b26-16+. The van der Waals surface area contributed by atoms with Crippen molar-refractivity contribution in [1.82, 2.24) is 15.0 Å². The molecule has 0 atom stereocenters. The molecule has 32 heavy (non-hydrogen) atoms. The van der Waals surface area contributed by atoms with Gasteiger partial charge in [0.15, 0.2) is 0 Å². The molecule has 0 bridgehead atoms. The van der Waals surface area contributed by atoms with Crippen LogP contribution in [0.5, 0.6) is 6.01 Å². The van der Waals surface area contributed by atoms with E-state index in [4.69, 9.17) is 15.2 Å². The molecule has 1 saturated heterocycles. The number of nitrogen functional groups attached to an aromatic ring is 1. The summed E-state index contributed by atoms with van der Waals surface area (Å²) in [5, 5.41) is 4.31. The minimum absolute atomic E-state index is 0.307. The molecule has 166 valence electrons.